The third kappa shape index (κ3) is 7.54. The Morgan fingerprint density at radius 2 is 1.73 bits per heavy atom. The van der Waals surface area contributed by atoms with Crippen LogP contribution in [0.3, 0.4) is 0 Å². The lowest BCUT2D eigenvalue weighted by Crippen LogP contribution is -2.37. The van der Waals surface area contributed by atoms with Crippen molar-refractivity contribution in [1.82, 2.24) is 10.7 Å². The van der Waals surface area contributed by atoms with Crippen LogP contribution in [-0.2, 0) is 20.9 Å². The molecule has 0 atom stereocenters. The first-order valence-electron chi connectivity index (χ1n) is 12.5. The number of rotatable bonds is 9. The van der Waals surface area contributed by atoms with E-state index >= 15 is 0 Å². The molecule has 0 fully saturated rings. The fraction of sp³-hybridized carbons (Fsp3) is 0.241. The lowest BCUT2D eigenvalue weighted by atomic mass is 10.1. The maximum absolute atomic E-state index is 12.6. The van der Waals surface area contributed by atoms with Crippen molar-refractivity contribution >= 4 is 45.6 Å². The van der Waals surface area contributed by atoms with Gasteiger partial charge in [-0.1, -0.05) is 23.8 Å². The quantitative estimate of drug-likeness (QED) is 0.187. The monoisotopic (exact) mass is 624 g/mol. The normalized spacial score (nSPS) is 11.7. The first kappa shape index (κ1) is 29.4. The largest absolute Gasteiger partial charge is 0.493 e. The van der Waals surface area contributed by atoms with Gasteiger partial charge in [-0.05, 0) is 83.2 Å². The zero-order valence-electron chi connectivity index (χ0n) is 22.9. The zero-order valence-corrected chi connectivity index (χ0v) is 24.5. The molecule has 4 rings (SSSR count). The fourth-order valence-electron chi connectivity index (χ4n) is 4.17. The number of methoxy groups -OCH3 is 1. The van der Waals surface area contributed by atoms with E-state index in [2.05, 4.69) is 37.1 Å². The second-order valence-corrected chi connectivity index (χ2v) is 10.1. The molecule has 1 heterocycles. The van der Waals surface area contributed by atoms with Crippen LogP contribution in [0.15, 0.2) is 52.0 Å². The Bertz CT molecular complexity index is 1500. The van der Waals surface area contributed by atoms with Crippen molar-refractivity contribution in [2.45, 2.75) is 27.3 Å². The third-order valence-electron chi connectivity index (χ3n) is 6.02. The molecule has 1 aliphatic heterocycles. The summed E-state index contributed by atoms with van der Waals surface area (Å²) in [6.07, 6.45) is 1.34. The summed E-state index contributed by atoms with van der Waals surface area (Å²) in [5.41, 5.74) is 7.28. The summed E-state index contributed by atoms with van der Waals surface area (Å²) in [5.74, 6) is -0.231. The van der Waals surface area contributed by atoms with Gasteiger partial charge in [-0.2, -0.15) is 5.10 Å². The maximum Gasteiger partial charge on any atom is 0.329 e. The van der Waals surface area contributed by atoms with E-state index in [9.17, 15) is 14.4 Å². The number of nitrogens with one attached hydrogen (secondary N) is 3. The molecule has 0 aliphatic carbocycles. The van der Waals surface area contributed by atoms with Crippen LogP contribution in [0.5, 0.6) is 23.0 Å². The second-order valence-electron chi connectivity index (χ2n) is 9.21. The topological polar surface area (TPSA) is 137 Å². The smallest absolute Gasteiger partial charge is 0.329 e. The van der Waals surface area contributed by atoms with Crippen LogP contribution in [0, 0.1) is 20.8 Å². The molecule has 41 heavy (non-hydrogen) atoms. The number of carbonyl (C=O) groups is 3. The predicted molar refractivity (Wildman–Crippen MR) is 156 cm³/mol. The van der Waals surface area contributed by atoms with Gasteiger partial charge in [0.05, 0.1) is 17.8 Å². The Kier molecular flexibility index (Phi) is 9.45. The lowest BCUT2D eigenvalue weighted by molar-refractivity contribution is -0.139. The van der Waals surface area contributed by atoms with Gasteiger partial charge in [-0.3, -0.25) is 14.4 Å². The second kappa shape index (κ2) is 13.2. The summed E-state index contributed by atoms with van der Waals surface area (Å²) in [7, 11) is 1.46. The van der Waals surface area contributed by atoms with Crippen molar-refractivity contribution in [2.75, 3.05) is 25.8 Å². The zero-order chi connectivity index (χ0) is 29.5. The summed E-state index contributed by atoms with van der Waals surface area (Å²) in [6.45, 7) is 5.91. The SMILES string of the molecule is COc1cc(/C=N\NC(=O)C(=O)NCc2ccc3c(c2)OCO3)cc(Br)c1OCC(=O)Nc1c(C)cc(C)cc1C. The number of hydrogen-bond acceptors (Lipinski definition) is 8. The van der Waals surface area contributed by atoms with Gasteiger partial charge in [-0.25, -0.2) is 5.43 Å². The van der Waals surface area contributed by atoms with Gasteiger partial charge in [0, 0.05) is 12.2 Å². The molecular formula is C29H29BrN4O7. The number of fused-ring (bicyclic) bond motifs is 1. The number of halogens is 1. The molecule has 11 nitrogen and oxygen atoms in total. The minimum absolute atomic E-state index is 0.125. The average Bonchev–Trinajstić information content (AvgIpc) is 3.40. The van der Waals surface area contributed by atoms with Crippen molar-refractivity contribution in [3.63, 3.8) is 0 Å². The highest BCUT2D eigenvalue weighted by molar-refractivity contribution is 9.10. The van der Waals surface area contributed by atoms with E-state index in [-0.39, 0.29) is 25.9 Å². The number of ether oxygens (including phenoxy) is 4. The summed E-state index contributed by atoms with van der Waals surface area (Å²) < 4.78 is 22.2. The molecule has 12 heteroatoms. The first-order valence-corrected chi connectivity index (χ1v) is 13.3. The highest BCUT2D eigenvalue weighted by Crippen LogP contribution is 2.36. The number of aryl methyl sites for hydroxylation is 3. The average molecular weight is 625 g/mol. The van der Waals surface area contributed by atoms with Gasteiger partial charge < -0.3 is 29.6 Å². The molecule has 3 amide bonds. The molecule has 3 aromatic rings. The summed E-state index contributed by atoms with van der Waals surface area (Å²) in [4.78, 5) is 36.9. The Morgan fingerprint density at radius 3 is 2.46 bits per heavy atom. The van der Waals surface area contributed by atoms with Crippen LogP contribution in [0.1, 0.15) is 27.8 Å². The molecule has 0 unspecified atom stereocenters. The van der Waals surface area contributed by atoms with E-state index < -0.39 is 11.8 Å². The van der Waals surface area contributed by atoms with Crippen LogP contribution in [0.2, 0.25) is 0 Å². The Labute approximate surface area is 245 Å². The van der Waals surface area contributed by atoms with Crippen molar-refractivity contribution in [1.29, 1.82) is 0 Å². The predicted octanol–water partition coefficient (Wildman–Crippen LogP) is 3.90. The molecular weight excluding hydrogens is 596 g/mol. The molecule has 1 aliphatic rings. The minimum atomic E-state index is -0.932. The Balaban J connectivity index is 1.30. The van der Waals surface area contributed by atoms with Gasteiger partial charge in [-0.15, -0.1) is 0 Å². The van der Waals surface area contributed by atoms with Crippen molar-refractivity contribution in [3.05, 3.63) is 74.8 Å². The van der Waals surface area contributed by atoms with E-state index in [4.69, 9.17) is 18.9 Å². The summed E-state index contributed by atoms with van der Waals surface area (Å²) in [5, 5.41) is 9.27. The van der Waals surface area contributed by atoms with E-state index in [0.29, 0.717) is 33.0 Å². The maximum atomic E-state index is 12.6. The fourth-order valence-corrected chi connectivity index (χ4v) is 4.75. The molecule has 0 spiro atoms. The molecule has 3 N–H and O–H groups in total. The lowest BCUT2D eigenvalue weighted by Gasteiger charge is -2.15. The number of nitrogens with zero attached hydrogens (tertiary/aromatic N) is 1. The van der Waals surface area contributed by atoms with Crippen LogP contribution in [-0.4, -0.2) is 44.4 Å². The molecule has 0 radical (unpaired) electrons. The Morgan fingerprint density at radius 1 is 1.00 bits per heavy atom. The molecule has 0 bridgehead atoms. The molecule has 214 valence electrons. The van der Waals surface area contributed by atoms with E-state index in [1.165, 1.54) is 13.3 Å². The van der Waals surface area contributed by atoms with Crippen LogP contribution < -0.4 is 35.0 Å². The number of amides is 3. The van der Waals surface area contributed by atoms with Gasteiger partial charge in [0.1, 0.15) is 0 Å². The molecule has 0 aromatic heterocycles. The number of hydrazone groups is 1. The van der Waals surface area contributed by atoms with Gasteiger partial charge in [0.2, 0.25) is 6.79 Å². The van der Waals surface area contributed by atoms with Crippen molar-refractivity contribution < 1.29 is 33.3 Å². The first-order chi connectivity index (χ1) is 19.6. The van der Waals surface area contributed by atoms with Crippen LogP contribution >= 0.6 is 15.9 Å². The number of benzene rings is 3. The van der Waals surface area contributed by atoms with Gasteiger partial charge >= 0.3 is 11.8 Å². The number of anilines is 1. The van der Waals surface area contributed by atoms with Gasteiger partial charge in [0.15, 0.2) is 29.6 Å². The van der Waals surface area contributed by atoms with Crippen molar-refractivity contribution in [2.24, 2.45) is 5.10 Å². The van der Waals surface area contributed by atoms with E-state index in [1.54, 1.807) is 30.3 Å². The molecule has 3 aromatic carbocycles. The summed E-state index contributed by atoms with van der Waals surface area (Å²) >= 11 is 3.43. The van der Waals surface area contributed by atoms with Crippen LogP contribution in [0.4, 0.5) is 5.69 Å². The summed E-state index contributed by atoms with van der Waals surface area (Å²) in [6, 6.07) is 12.5. The minimum Gasteiger partial charge on any atom is -0.493 e. The highest BCUT2D eigenvalue weighted by atomic mass is 79.9. The molecule has 0 saturated heterocycles. The third-order valence-corrected chi connectivity index (χ3v) is 6.61. The molecule has 0 saturated carbocycles. The van der Waals surface area contributed by atoms with E-state index in [1.807, 2.05) is 32.9 Å². The number of hydrogen-bond donors (Lipinski definition) is 3. The van der Waals surface area contributed by atoms with Crippen LogP contribution in [0.25, 0.3) is 0 Å². The highest BCUT2D eigenvalue weighted by Gasteiger charge is 2.17. The Hall–Kier alpha value is -4.58. The standard InChI is InChI=1S/C29H29BrN4O7/c1-16-7-17(2)26(18(3)8-16)33-25(35)14-39-27-21(30)9-20(11-24(27)38-4)13-32-34-29(37)28(36)31-12-19-5-6-22-23(10-19)41-15-40-22/h5-11,13H,12,14-15H2,1-4H3,(H,31,36)(H,33,35)(H,34,37)/b32-13-. The number of carbonyl (C=O) groups excluding carboxylic acids is 3. The van der Waals surface area contributed by atoms with E-state index in [0.717, 1.165) is 27.9 Å². The van der Waals surface area contributed by atoms with Gasteiger partial charge in [0.25, 0.3) is 5.91 Å². The van der Waals surface area contributed by atoms with Crippen molar-refractivity contribution in [3.8, 4) is 23.0 Å².